The summed E-state index contributed by atoms with van der Waals surface area (Å²) in [5.41, 5.74) is 1.61. The first-order valence-electron chi connectivity index (χ1n) is 4.60. The zero-order valence-electron chi connectivity index (χ0n) is 7.49. The van der Waals surface area contributed by atoms with E-state index < -0.39 is 0 Å². The summed E-state index contributed by atoms with van der Waals surface area (Å²) in [6.45, 7) is 1.04. The summed E-state index contributed by atoms with van der Waals surface area (Å²) in [5, 5.41) is 4.22. The summed E-state index contributed by atoms with van der Waals surface area (Å²) < 4.78 is 5.04. The molecule has 2 aromatic rings. The van der Waals surface area contributed by atoms with Crippen molar-refractivity contribution in [3.05, 3.63) is 46.3 Å². The molecule has 0 unspecified atom stereocenters. The topological polar surface area (TPSA) is 52.2 Å². The molecule has 1 atom stereocenters. The van der Waals surface area contributed by atoms with Gasteiger partial charge in [-0.3, -0.25) is 0 Å². The molecular formula is C11H9NO2. The van der Waals surface area contributed by atoms with Crippen LogP contribution in [0.15, 0.2) is 39.5 Å². The first-order valence-corrected chi connectivity index (χ1v) is 4.60. The molecule has 1 N–H and O–H groups in total. The smallest absolute Gasteiger partial charge is 0.336 e. The van der Waals surface area contributed by atoms with Crippen molar-refractivity contribution in [1.29, 1.82) is 0 Å². The Balaban J connectivity index is 2.23. The molecule has 1 aliphatic rings. The molecule has 0 aliphatic carbocycles. The minimum absolute atomic E-state index is 0.296. The second-order valence-electron chi connectivity index (χ2n) is 3.51. The third kappa shape index (κ3) is 1.22. The molecule has 0 radical (unpaired) electrons. The highest BCUT2D eigenvalue weighted by molar-refractivity contribution is 5.77. The molecule has 1 saturated heterocycles. The van der Waals surface area contributed by atoms with Gasteiger partial charge >= 0.3 is 5.63 Å². The predicted molar refractivity (Wildman–Crippen MR) is 53.2 cm³/mol. The van der Waals surface area contributed by atoms with Crippen LogP contribution in [-0.2, 0) is 0 Å². The van der Waals surface area contributed by atoms with Crippen molar-refractivity contribution in [3.8, 4) is 0 Å². The summed E-state index contributed by atoms with van der Waals surface area (Å²) in [6.07, 6.45) is 0. The molecule has 0 bridgehead atoms. The zero-order chi connectivity index (χ0) is 9.54. The Morgan fingerprint density at radius 3 is 2.93 bits per heavy atom. The molecule has 0 spiro atoms. The van der Waals surface area contributed by atoms with Gasteiger partial charge in [0.1, 0.15) is 5.58 Å². The second-order valence-corrected chi connectivity index (χ2v) is 3.51. The van der Waals surface area contributed by atoms with Gasteiger partial charge < -0.3 is 9.73 Å². The van der Waals surface area contributed by atoms with E-state index in [2.05, 4.69) is 11.4 Å². The van der Waals surface area contributed by atoms with Crippen molar-refractivity contribution < 1.29 is 4.42 Å². The average molecular weight is 187 g/mol. The number of fused-ring (bicyclic) bond motifs is 1. The number of hydrogen-bond acceptors (Lipinski definition) is 3. The van der Waals surface area contributed by atoms with Crippen LogP contribution in [0.1, 0.15) is 11.6 Å². The summed E-state index contributed by atoms with van der Waals surface area (Å²) >= 11 is 0. The van der Waals surface area contributed by atoms with Gasteiger partial charge in [0.15, 0.2) is 0 Å². The molecule has 1 aromatic heterocycles. The second kappa shape index (κ2) is 2.69. The maximum absolute atomic E-state index is 10.9. The fraction of sp³-hybridized carbons (Fsp3) is 0.182. The van der Waals surface area contributed by atoms with Gasteiger partial charge in [-0.25, -0.2) is 4.79 Å². The minimum atomic E-state index is -0.296. The Morgan fingerprint density at radius 1 is 1.29 bits per heavy atom. The third-order valence-corrected chi connectivity index (χ3v) is 2.45. The van der Waals surface area contributed by atoms with E-state index in [0.717, 1.165) is 11.9 Å². The van der Waals surface area contributed by atoms with Crippen LogP contribution in [0.5, 0.6) is 0 Å². The molecule has 3 nitrogen and oxygen atoms in total. The SMILES string of the molecule is O=c1ccc2cc([C@H]3CN3)ccc2o1. The highest BCUT2D eigenvalue weighted by atomic mass is 16.4. The van der Waals surface area contributed by atoms with Crippen LogP contribution < -0.4 is 10.9 Å². The van der Waals surface area contributed by atoms with Gasteiger partial charge in [-0.1, -0.05) is 6.07 Å². The fourth-order valence-corrected chi connectivity index (χ4v) is 1.60. The van der Waals surface area contributed by atoms with Crippen molar-refractivity contribution in [1.82, 2.24) is 5.32 Å². The quantitative estimate of drug-likeness (QED) is 0.543. The highest BCUT2D eigenvalue weighted by Crippen LogP contribution is 2.24. The number of rotatable bonds is 1. The molecule has 0 saturated carbocycles. The largest absolute Gasteiger partial charge is 0.423 e. The normalized spacial score (nSPS) is 19.9. The Bertz CT molecular complexity index is 540. The molecule has 1 aliphatic heterocycles. The average Bonchev–Trinajstić information content (AvgIpc) is 3.00. The van der Waals surface area contributed by atoms with Crippen molar-refractivity contribution in [2.75, 3.05) is 6.54 Å². The minimum Gasteiger partial charge on any atom is -0.423 e. The molecular weight excluding hydrogens is 178 g/mol. The third-order valence-electron chi connectivity index (χ3n) is 2.45. The number of nitrogens with one attached hydrogen (secondary N) is 1. The van der Waals surface area contributed by atoms with Gasteiger partial charge in [-0.2, -0.15) is 0 Å². The molecule has 70 valence electrons. The van der Waals surface area contributed by atoms with Gasteiger partial charge in [0.2, 0.25) is 0 Å². The Labute approximate surface area is 80.4 Å². The van der Waals surface area contributed by atoms with Crippen LogP contribution in [0.4, 0.5) is 0 Å². The lowest BCUT2D eigenvalue weighted by Crippen LogP contribution is -1.94. The fourth-order valence-electron chi connectivity index (χ4n) is 1.60. The molecule has 1 aromatic carbocycles. The van der Waals surface area contributed by atoms with Crippen LogP contribution in [0.3, 0.4) is 0 Å². The molecule has 2 heterocycles. The molecule has 3 rings (SSSR count). The first kappa shape index (κ1) is 7.76. The summed E-state index contributed by atoms with van der Waals surface area (Å²) in [4.78, 5) is 10.9. The van der Waals surface area contributed by atoms with Crippen LogP contribution in [0.2, 0.25) is 0 Å². The standard InChI is InChI=1S/C11H9NO2/c13-11-4-2-8-5-7(9-6-12-9)1-3-10(8)14-11/h1-5,9,12H,6H2/t9-/m1/s1. The Hall–Kier alpha value is -1.61. The summed E-state index contributed by atoms with van der Waals surface area (Å²) in [5.74, 6) is 0. The highest BCUT2D eigenvalue weighted by Gasteiger charge is 2.22. The van der Waals surface area contributed by atoms with Crippen LogP contribution in [-0.4, -0.2) is 6.54 Å². The maximum atomic E-state index is 10.9. The van der Waals surface area contributed by atoms with E-state index >= 15 is 0 Å². The Morgan fingerprint density at radius 2 is 2.14 bits per heavy atom. The van der Waals surface area contributed by atoms with Crippen molar-refractivity contribution in [3.63, 3.8) is 0 Å². The predicted octanol–water partition coefficient (Wildman–Crippen LogP) is 1.44. The van der Waals surface area contributed by atoms with E-state index in [0.29, 0.717) is 11.6 Å². The van der Waals surface area contributed by atoms with E-state index in [4.69, 9.17) is 4.42 Å². The lowest BCUT2D eigenvalue weighted by molar-refractivity contribution is 0.561. The van der Waals surface area contributed by atoms with E-state index in [1.807, 2.05) is 12.1 Å². The lowest BCUT2D eigenvalue weighted by Gasteiger charge is -1.99. The maximum Gasteiger partial charge on any atom is 0.336 e. The van der Waals surface area contributed by atoms with Crippen molar-refractivity contribution >= 4 is 11.0 Å². The van der Waals surface area contributed by atoms with Gasteiger partial charge in [0.25, 0.3) is 0 Å². The molecule has 14 heavy (non-hydrogen) atoms. The van der Waals surface area contributed by atoms with E-state index in [-0.39, 0.29) is 5.63 Å². The van der Waals surface area contributed by atoms with Crippen molar-refractivity contribution in [2.24, 2.45) is 0 Å². The monoisotopic (exact) mass is 187 g/mol. The molecule has 1 fully saturated rings. The number of benzene rings is 1. The van der Waals surface area contributed by atoms with Gasteiger partial charge in [0.05, 0.1) is 0 Å². The first-order chi connectivity index (χ1) is 6.83. The molecule has 3 heteroatoms. The van der Waals surface area contributed by atoms with E-state index in [9.17, 15) is 4.79 Å². The summed E-state index contributed by atoms with van der Waals surface area (Å²) in [7, 11) is 0. The van der Waals surface area contributed by atoms with Gasteiger partial charge in [0, 0.05) is 24.0 Å². The Kier molecular flexibility index (Phi) is 1.49. The van der Waals surface area contributed by atoms with E-state index in [1.165, 1.54) is 11.6 Å². The molecule has 0 amide bonds. The number of hydrogen-bond donors (Lipinski definition) is 1. The zero-order valence-corrected chi connectivity index (χ0v) is 7.49. The van der Waals surface area contributed by atoms with Crippen LogP contribution in [0, 0.1) is 0 Å². The van der Waals surface area contributed by atoms with Gasteiger partial charge in [-0.05, 0) is 23.8 Å². The van der Waals surface area contributed by atoms with E-state index in [1.54, 1.807) is 6.07 Å². The summed E-state index contributed by atoms with van der Waals surface area (Å²) in [6, 6.07) is 9.65. The lowest BCUT2D eigenvalue weighted by atomic mass is 10.1. The van der Waals surface area contributed by atoms with Crippen LogP contribution in [0.25, 0.3) is 11.0 Å². The van der Waals surface area contributed by atoms with Gasteiger partial charge in [-0.15, -0.1) is 0 Å². The van der Waals surface area contributed by atoms with Crippen LogP contribution >= 0.6 is 0 Å². The van der Waals surface area contributed by atoms with Crippen molar-refractivity contribution in [2.45, 2.75) is 6.04 Å².